The van der Waals surface area contributed by atoms with E-state index in [1.165, 1.54) is 23.1 Å². The molecule has 2 aliphatic rings. The van der Waals surface area contributed by atoms with Crippen molar-refractivity contribution in [3.63, 3.8) is 0 Å². The van der Waals surface area contributed by atoms with Gasteiger partial charge in [0.15, 0.2) is 6.10 Å². The predicted octanol–water partition coefficient (Wildman–Crippen LogP) is 0.933. The normalized spacial score (nSPS) is 28.9. The lowest BCUT2D eigenvalue weighted by Gasteiger charge is -2.27. The van der Waals surface area contributed by atoms with Crippen LogP contribution >= 0.6 is 0 Å². The summed E-state index contributed by atoms with van der Waals surface area (Å²) < 4.78 is 13.1. The number of hydrogen-bond acceptors (Lipinski definition) is 3. The zero-order valence-corrected chi connectivity index (χ0v) is 10.6. The third-order valence-electron chi connectivity index (χ3n) is 4.04. The molecular formula is C14H14FNO4. The van der Waals surface area contributed by atoms with E-state index >= 15 is 0 Å². The number of carbonyl (C=O) groups is 2. The molecule has 1 amide bonds. The molecule has 0 radical (unpaired) electrons. The number of carbonyl (C=O) groups excluding carboxylic acids is 1. The Bertz CT molecular complexity index is 576. The summed E-state index contributed by atoms with van der Waals surface area (Å²) in [6.07, 6.45) is -0.306. The summed E-state index contributed by atoms with van der Waals surface area (Å²) in [6.45, 7) is 0. The van der Waals surface area contributed by atoms with Gasteiger partial charge in [-0.25, -0.2) is 9.18 Å². The average molecular weight is 279 g/mol. The van der Waals surface area contributed by atoms with Crippen LogP contribution in [0.25, 0.3) is 0 Å². The molecule has 0 spiro atoms. The van der Waals surface area contributed by atoms with Gasteiger partial charge in [0, 0.05) is 6.04 Å². The SMILES string of the molecule is O=C(O)[C@@H]1C[C@H]2C[C@H]2N1C(=O)C(O)c1cccc(F)c1. The maximum absolute atomic E-state index is 13.1. The summed E-state index contributed by atoms with van der Waals surface area (Å²) in [4.78, 5) is 24.7. The second-order valence-electron chi connectivity index (χ2n) is 5.36. The third-order valence-corrected chi connectivity index (χ3v) is 4.04. The molecule has 1 aliphatic heterocycles. The first kappa shape index (κ1) is 13.1. The van der Waals surface area contributed by atoms with E-state index in [1.807, 2.05) is 0 Å². The molecule has 5 nitrogen and oxygen atoms in total. The lowest BCUT2D eigenvalue weighted by Crippen LogP contribution is -2.45. The molecule has 6 heteroatoms. The first-order valence-electron chi connectivity index (χ1n) is 6.47. The van der Waals surface area contributed by atoms with E-state index in [1.54, 1.807) is 0 Å². The maximum Gasteiger partial charge on any atom is 0.326 e. The Labute approximate surface area is 114 Å². The molecule has 1 heterocycles. The van der Waals surface area contributed by atoms with Gasteiger partial charge in [0.05, 0.1) is 0 Å². The summed E-state index contributed by atoms with van der Waals surface area (Å²) in [5.41, 5.74) is 0.142. The van der Waals surface area contributed by atoms with Crippen LogP contribution in [0.1, 0.15) is 24.5 Å². The van der Waals surface area contributed by atoms with Crippen LogP contribution in [-0.2, 0) is 9.59 Å². The molecule has 20 heavy (non-hydrogen) atoms. The van der Waals surface area contributed by atoms with Gasteiger partial charge in [0.25, 0.3) is 5.91 Å². The van der Waals surface area contributed by atoms with Gasteiger partial charge in [-0.1, -0.05) is 12.1 Å². The van der Waals surface area contributed by atoms with E-state index in [-0.39, 0.29) is 17.5 Å². The number of nitrogens with zero attached hydrogens (tertiary/aromatic N) is 1. The number of piperidine rings is 1. The van der Waals surface area contributed by atoms with Gasteiger partial charge in [-0.05, 0) is 36.5 Å². The van der Waals surface area contributed by atoms with Gasteiger partial charge in [-0.2, -0.15) is 0 Å². The first-order valence-corrected chi connectivity index (χ1v) is 6.47. The molecule has 1 aromatic rings. The quantitative estimate of drug-likeness (QED) is 0.863. The lowest BCUT2D eigenvalue weighted by atomic mass is 10.1. The van der Waals surface area contributed by atoms with Gasteiger partial charge in [-0.3, -0.25) is 4.79 Å². The molecule has 1 aliphatic carbocycles. The number of fused-ring (bicyclic) bond motifs is 1. The number of likely N-dealkylation sites (tertiary alicyclic amines) is 1. The highest BCUT2D eigenvalue weighted by atomic mass is 19.1. The van der Waals surface area contributed by atoms with Crippen molar-refractivity contribution in [1.29, 1.82) is 0 Å². The van der Waals surface area contributed by atoms with Gasteiger partial charge in [-0.15, -0.1) is 0 Å². The van der Waals surface area contributed by atoms with Crippen molar-refractivity contribution in [2.45, 2.75) is 31.0 Å². The highest BCUT2D eigenvalue weighted by Gasteiger charge is 2.57. The zero-order chi connectivity index (χ0) is 14.4. The van der Waals surface area contributed by atoms with Crippen molar-refractivity contribution < 1.29 is 24.2 Å². The van der Waals surface area contributed by atoms with Crippen LogP contribution in [0.4, 0.5) is 4.39 Å². The number of carboxylic acids is 1. The Morgan fingerprint density at radius 1 is 1.35 bits per heavy atom. The maximum atomic E-state index is 13.1. The highest BCUT2D eigenvalue weighted by Crippen LogP contribution is 2.48. The largest absolute Gasteiger partial charge is 0.480 e. The number of aliphatic hydroxyl groups is 1. The molecule has 0 bridgehead atoms. The smallest absolute Gasteiger partial charge is 0.326 e. The number of carboxylic acid groups (broad SMARTS) is 1. The Hall–Kier alpha value is -1.95. The van der Waals surface area contributed by atoms with Crippen LogP contribution in [0.15, 0.2) is 24.3 Å². The topological polar surface area (TPSA) is 77.8 Å². The molecule has 1 saturated carbocycles. The minimum Gasteiger partial charge on any atom is -0.480 e. The number of halogens is 1. The van der Waals surface area contributed by atoms with E-state index in [4.69, 9.17) is 5.11 Å². The Balaban J connectivity index is 1.83. The van der Waals surface area contributed by atoms with E-state index in [9.17, 15) is 19.1 Å². The molecule has 0 aromatic heterocycles. The van der Waals surface area contributed by atoms with Gasteiger partial charge < -0.3 is 15.1 Å². The van der Waals surface area contributed by atoms with Gasteiger partial charge in [0.1, 0.15) is 11.9 Å². The standard InChI is InChI=1S/C14H14FNO4/c15-9-3-1-2-7(4-9)12(17)13(18)16-10-5-8(10)6-11(16)14(19)20/h1-4,8,10-12,17H,5-6H2,(H,19,20)/t8-,10-,11+,12?/m1/s1. The number of hydrogen-bond donors (Lipinski definition) is 2. The van der Waals surface area contributed by atoms with Crippen LogP contribution in [0.3, 0.4) is 0 Å². The van der Waals surface area contributed by atoms with Crippen molar-refractivity contribution in [2.24, 2.45) is 5.92 Å². The summed E-state index contributed by atoms with van der Waals surface area (Å²) in [5.74, 6) is -2.04. The van der Waals surface area contributed by atoms with Crippen molar-refractivity contribution in [1.82, 2.24) is 4.90 Å². The average Bonchev–Trinajstić information content (AvgIpc) is 3.08. The molecular weight excluding hydrogens is 265 g/mol. The van der Waals surface area contributed by atoms with E-state index in [2.05, 4.69) is 0 Å². The summed E-state index contributed by atoms with van der Waals surface area (Å²) >= 11 is 0. The van der Waals surface area contributed by atoms with E-state index in [0.29, 0.717) is 6.42 Å². The van der Waals surface area contributed by atoms with Gasteiger partial charge >= 0.3 is 5.97 Å². The number of amides is 1. The molecule has 2 N–H and O–H groups in total. The summed E-state index contributed by atoms with van der Waals surface area (Å²) in [5, 5.41) is 19.2. The highest BCUT2D eigenvalue weighted by molar-refractivity contribution is 5.88. The van der Waals surface area contributed by atoms with E-state index in [0.717, 1.165) is 12.5 Å². The fraction of sp³-hybridized carbons (Fsp3) is 0.429. The third kappa shape index (κ3) is 2.06. The summed E-state index contributed by atoms with van der Waals surface area (Å²) in [7, 11) is 0. The zero-order valence-electron chi connectivity index (χ0n) is 10.6. The van der Waals surface area contributed by atoms with Crippen molar-refractivity contribution in [3.8, 4) is 0 Å². The van der Waals surface area contributed by atoms with Crippen molar-refractivity contribution >= 4 is 11.9 Å². The second-order valence-corrected chi connectivity index (χ2v) is 5.36. The van der Waals surface area contributed by atoms with Crippen LogP contribution < -0.4 is 0 Å². The Kier molecular flexibility index (Phi) is 2.97. The van der Waals surface area contributed by atoms with Crippen LogP contribution in [0.2, 0.25) is 0 Å². The molecule has 1 unspecified atom stereocenters. The number of aliphatic hydroxyl groups excluding tert-OH is 1. The van der Waals surface area contributed by atoms with Crippen LogP contribution in [0.5, 0.6) is 0 Å². The van der Waals surface area contributed by atoms with Crippen molar-refractivity contribution in [2.75, 3.05) is 0 Å². The van der Waals surface area contributed by atoms with Crippen LogP contribution in [-0.4, -0.2) is 39.1 Å². The molecule has 106 valence electrons. The Morgan fingerprint density at radius 3 is 2.75 bits per heavy atom. The minimum absolute atomic E-state index is 0.0909. The Morgan fingerprint density at radius 2 is 2.10 bits per heavy atom. The fourth-order valence-electron chi connectivity index (χ4n) is 2.95. The number of rotatable bonds is 3. The monoisotopic (exact) mass is 279 g/mol. The lowest BCUT2D eigenvalue weighted by molar-refractivity contribution is -0.153. The van der Waals surface area contributed by atoms with Crippen LogP contribution in [0, 0.1) is 11.7 Å². The molecule has 1 aromatic carbocycles. The van der Waals surface area contributed by atoms with E-state index < -0.39 is 29.8 Å². The van der Waals surface area contributed by atoms with Crippen molar-refractivity contribution in [3.05, 3.63) is 35.6 Å². The van der Waals surface area contributed by atoms with Gasteiger partial charge in [0.2, 0.25) is 0 Å². The minimum atomic E-state index is -1.52. The molecule has 4 atom stereocenters. The fourth-order valence-corrected chi connectivity index (χ4v) is 2.95. The molecule has 1 saturated heterocycles. The molecule has 3 rings (SSSR count). The number of benzene rings is 1. The summed E-state index contributed by atoms with van der Waals surface area (Å²) in [6, 6.07) is 4.18. The second kappa shape index (κ2) is 4.56. The molecule has 2 fully saturated rings. The first-order chi connectivity index (χ1) is 9.49. The predicted molar refractivity (Wildman–Crippen MR) is 66.1 cm³/mol. The number of aliphatic carboxylic acids is 1.